The van der Waals surface area contributed by atoms with Crippen LogP contribution in [0.3, 0.4) is 0 Å². The van der Waals surface area contributed by atoms with Gasteiger partial charge in [0.25, 0.3) is 0 Å². The van der Waals surface area contributed by atoms with Crippen molar-refractivity contribution in [1.29, 1.82) is 0 Å². The highest BCUT2D eigenvalue weighted by Crippen LogP contribution is 2.27. The molecule has 110 valence electrons. The summed E-state index contributed by atoms with van der Waals surface area (Å²) < 4.78 is 6.07. The number of hydrogen-bond donors (Lipinski definition) is 0. The number of esters is 1. The van der Waals surface area contributed by atoms with Crippen molar-refractivity contribution in [3.05, 3.63) is 58.8 Å². The second-order valence-corrected chi connectivity index (χ2v) is 5.59. The van der Waals surface area contributed by atoms with Crippen LogP contribution in [-0.2, 0) is 4.74 Å². The molecule has 0 N–H and O–H groups in total. The van der Waals surface area contributed by atoms with Gasteiger partial charge in [0.2, 0.25) is 0 Å². The molecule has 0 spiro atoms. The Balaban J connectivity index is 2.25. The van der Waals surface area contributed by atoms with Gasteiger partial charge in [0.05, 0.1) is 23.4 Å². The molecule has 2 aromatic heterocycles. The van der Waals surface area contributed by atoms with Crippen LogP contribution in [0.5, 0.6) is 0 Å². The summed E-state index contributed by atoms with van der Waals surface area (Å²) in [6.45, 7) is 2.13. The molecule has 0 atom stereocenters. The zero-order valence-electron chi connectivity index (χ0n) is 11.9. The molecule has 0 unspecified atom stereocenters. The van der Waals surface area contributed by atoms with Crippen molar-refractivity contribution in [3.63, 3.8) is 0 Å². The average molecular weight is 357 g/mol. The summed E-state index contributed by atoms with van der Waals surface area (Å²) in [7, 11) is 0. The van der Waals surface area contributed by atoms with Gasteiger partial charge >= 0.3 is 5.97 Å². The van der Waals surface area contributed by atoms with E-state index in [1.807, 2.05) is 30.3 Å². The predicted octanol–water partition coefficient (Wildman–Crippen LogP) is 4.24. The van der Waals surface area contributed by atoms with Crippen LogP contribution in [0.25, 0.3) is 22.2 Å². The van der Waals surface area contributed by atoms with Crippen molar-refractivity contribution < 1.29 is 9.53 Å². The van der Waals surface area contributed by atoms with Crippen molar-refractivity contribution in [1.82, 2.24) is 9.97 Å². The fourth-order valence-electron chi connectivity index (χ4n) is 2.25. The van der Waals surface area contributed by atoms with Gasteiger partial charge in [0.1, 0.15) is 0 Å². The largest absolute Gasteiger partial charge is 0.462 e. The highest BCUT2D eigenvalue weighted by Gasteiger charge is 2.15. The Labute approximate surface area is 136 Å². The number of benzene rings is 1. The summed E-state index contributed by atoms with van der Waals surface area (Å²) in [5, 5.41) is 0.769. The minimum atomic E-state index is -0.344. The van der Waals surface area contributed by atoms with Crippen LogP contribution in [0.1, 0.15) is 17.3 Å². The van der Waals surface area contributed by atoms with E-state index in [2.05, 4.69) is 25.9 Å². The Morgan fingerprint density at radius 2 is 1.95 bits per heavy atom. The Morgan fingerprint density at radius 3 is 2.68 bits per heavy atom. The highest BCUT2D eigenvalue weighted by molar-refractivity contribution is 9.10. The summed E-state index contributed by atoms with van der Waals surface area (Å²) >= 11 is 3.43. The second-order valence-electron chi connectivity index (χ2n) is 4.67. The molecule has 0 saturated heterocycles. The van der Waals surface area contributed by atoms with E-state index < -0.39 is 0 Å². The molecular weight excluding hydrogens is 344 g/mol. The smallest absolute Gasteiger partial charge is 0.338 e. The van der Waals surface area contributed by atoms with Crippen molar-refractivity contribution in [2.45, 2.75) is 6.92 Å². The monoisotopic (exact) mass is 356 g/mol. The van der Waals surface area contributed by atoms with Crippen LogP contribution < -0.4 is 0 Å². The minimum absolute atomic E-state index is 0.335. The number of nitrogens with zero attached hydrogens (tertiary/aromatic N) is 2. The molecule has 3 aromatic rings. The predicted molar refractivity (Wildman–Crippen MR) is 88.6 cm³/mol. The molecule has 0 bridgehead atoms. The second kappa shape index (κ2) is 6.23. The first kappa shape index (κ1) is 14.7. The molecule has 5 heteroatoms. The van der Waals surface area contributed by atoms with Crippen molar-refractivity contribution in [2.24, 2.45) is 0 Å². The Hall–Kier alpha value is -2.27. The molecule has 4 nitrogen and oxygen atoms in total. The van der Waals surface area contributed by atoms with E-state index in [1.165, 1.54) is 0 Å². The van der Waals surface area contributed by atoms with Gasteiger partial charge in [0.15, 0.2) is 0 Å². The third-order valence-corrected chi connectivity index (χ3v) is 3.74. The molecule has 22 heavy (non-hydrogen) atoms. The molecule has 3 rings (SSSR count). The summed E-state index contributed by atoms with van der Waals surface area (Å²) in [5.74, 6) is -0.344. The lowest BCUT2D eigenvalue weighted by atomic mass is 10.0. The van der Waals surface area contributed by atoms with Crippen molar-refractivity contribution >= 4 is 32.8 Å². The van der Waals surface area contributed by atoms with Crippen LogP contribution >= 0.6 is 15.9 Å². The van der Waals surface area contributed by atoms with Gasteiger partial charge in [-0.05, 0) is 43.3 Å². The summed E-state index contributed by atoms with van der Waals surface area (Å²) in [5.41, 5.74) is 2.89. The number of aromatic nitrogens is 2. The molecule has 0 aliphatic carbocycles. The summed E-state index contributed by atoms with van der Waals surface area (Å²) in [6.07, 6.45) is 3.40. The van der Waals surface area contributed by atoms with Crippen molar-refractivity contribution in [3.8, 4) is 11.3 Å². The number of hydrogen-bond acceptors (Lipinski definition) is 4. The zero-order valence-corrected chi connectivity index (χ0v) is 13.5. The SMILES string of the molecule is CCOC(=O)c1cc(-c2ccncc2)nc2ccc(Br)cc12. The quantitative estimate of drug-likeness (QED) is 0.658. The first-order valence-electron chi connectivity index (χ1n) is 6.87. The van der Waals surface area contributed by atoms with Gasteiger partial charge in [0, 0.05) is 27.8 Å². The van der Waals surface area contributed by atoms with Crippen LogP contribution in [0.4, 0.5) is 0 Å². The molecule has 2 heterocycles. The Bertz CT molecular complexity index is 835. The van der Waals surface area contributed by atoms with Gasteiger partial charge < -0.3 is 4.74 Å². The van der Waals surface area contributed by atoms with E-state index in [4.69, 9.17) is 4.74 Å². The number of carbonyl (C=O) groups is 1. The average Bonchev–Trinajstić information content (AvgIpc) is 2.55. The third-order valence-electron chi connectivity index (χ3n) is 3.24. The fourth-order valence-corrected chi connectivity index (χ4v) is 2.61. The van der Waals surface area contributed by atoms with Gasteiger partial charge in [-0.15, -0.1) is 0 Å². The van der Waals surface area contributed by atoms with E-state index in [1.54, 1.807) is 25.4 Å². The standard InChI is InChI=1S/C17H13BrN2O2/c1-2-22-17(21)14-10-16(11-5-7-19-8-6-11)20-15-4-3-12(18)9-13(14)15/h3-10H,2H2,1H3. The lowest BCUT2D eigenvalue weighted by molar-refractivity contribution is 0.0528. The minimum Gasteiger partial charge on any atom is -0.462 e. The van der Waals surface area contributed by atoms with E-state index in [0.717, 1.165) is 26.6 Å². The van der Waals surface area contributed by atoms with E-state index >= 15 is 0 Å². The molecule has 0 aliphatic rings. The Morgan fingerprint density at radius 1 is 1.18 bits per heavy atom. The molecule has 0 fully saturated rings. The van der Waals surface area contributed by atoms with Crippen LogP contribution in [0, 0.1) is 0 Å². The summed E-state index contributed by atoms with van der Waals surface area (Å²) in [4.78, 5) is 20.9. The number of halogens is 1. The first-order chi connectivity index (χ1) is 10.7. The van der Waals surface area contributed by atoms with Crippen LogP contribution in [-0.4, -0.2) is 22.5 Å². The lowest BCUT2D eigenvalue weighted by Gasteiger charge is -2.09. The topological polar surface area (TPSA) is 52.1 Å². The number of ether oxygens (including phenoxy) is 1. The zero-order chi connectivity index (χ0) is 15.5. The lowest BCUT2D eigenvalue weighted by Crippen LogP contribution is -2.06. The van der Waals surface area contributed by atoms with Crippen LogP contribution in [0.15, 0.2) is 53.3 Å². The summed E-state index contributed by atoms with van der Waals surface area (Å²) in [6, 6.07) is 11.2. The maximum Gasteiger partial charge on any atom is 0.338 e. The normalized spacial score (nSPS) is 10.6. The molecular formula is C17H13BrN2O2. The van der Waals surface area contributed by atoms with Gasteiger partial charge in [-0.3, -0.25) is 4.98 Å². The fraction of sp³-hybridized carbons (Fsp3) is 0.118. The molecule has 0 amide bonds. The maximum absolute atomic E-state index is 12.3. The van der Waals surface area contributed by atoms with Gasteiger partial charge in [-0.25, -0.2) is 9.78 Å². The van der Waals surface area contributed by atoms with E-state index in [9.17, 15) is 4.79 Å². The van der Waals surface area contributed by atoms with E-state index in [0.29, 0.717) is 12.2 Å². The van der Waals surface area contributed by atoms with Crippen LogP contribution in [0.2, 0.25) is 0 Å². The molecule has 0 radical (unpaired) electrons. The molecule has 0 saturated carbocycles. The number of rotatable bonds is 3. The molecule has 0 aliphatic heterocycles. The first-order valence-corrected chi connectivity index (χ1v) is 7.66. The number of pyridine rings is 2. The van der Waals surface area contributed by atoms with E-state index in [-0.39, 0.29) is 5.97 Å². The molecule has 1 aromatic carbocycles. The number of carbonyl (C=O) groups excluding carboxylic acids is 1. The third kappa shape index (κ3) is 2.85. The Kier molecular flexibility index (Phi) is 4.15. The maximum atomic E-state index is 12.3. The van der Waals surface area contributed by atoms with Gasteiger partial charge in [-0.1, -0.05) is 15.9 Å². The van der Waals surface area contributed by atoms with Gasteiger partial charge in [-0.2, -0.15) is 0 Å². The number of fused-ring (bicyclic) bond motifs is 1. The van der Waals surface area contributed by atoms with Crippen molar-refractivity contribution in [2.75, 3.05) is 6.61 Å². The highest BCUT2D eigenvalue weighted by atomic mass is 79.9.